The molecule has 0 radical (unpaired) electrons. The Morgan fingerprint density at radius 1 is 0.900 bits per heavy atom. The van der Waals surface area contributed by atoms with E-state index in [9.17, 15) is 26.7 Å². The van der Waals surface area contributed by atoms with E-state index in [0.29, 0.717) is 5.56 Å². The Balaban J connectivity index is 1.89. The summed E-state index contributed by atoms with van der Waals surface area (Å²) in [5, 5.41) is 8.57. The van der Waals surface area contributed by atoms with Crippen molar-refractivity contribution in [3.05, 3.63) is 65.7 Å². The van der Waals surface area contributed by atoms with Crippen LogP contribution in [0.15, 0.2) is 54.6 Å². The number of rotatable bonds is 10. The smallest absolute Gasteiger partial charge is 0.426 e. The van der Waals surface area contributed by atoms with E-state index < -0.39 is 30.2 Å². The molecule has 0 heterocycles. The largest absolute Gasteiger partial charge is 0.494 e. The quantitative estimate of drug-likeness (QED) is 0.284. The Morgan fingerprint density at radius 3 is 2.07 bits per heavy atom. The van der Waals surface area contributed by atoms with Crippen LogP contribution < -0.4 is 9.47 Å². The first-order valence-corrected chi connectivity index (χ1v) is 8.93. The van der Waals surface area contributed by atoms with Crippen LogP contribution in [0.5, 0.6) is 11.5 Å². The first-order chi connectivity index (χ1) is 14.0. The Labute approximate surface area is 169 Å². The van der Waals surface area contributed by atoms with Gasteiger partial charge in [0.25, 0.3) is 0 Å². The zero-order valence-corrected chi connectivity index (χ0v) is 15.7. The molecule has 2 rings (SSSR count). The van der Waals surface area contributed by atoms with Gasteiger partial charge in [0.1, 0.15) is 11.5 Å². The van der Waals surface area contributed by atoms with Crippen LogP contribution >= 0.6 is 0 Å². The maximum absolute atomic E-state index is 14.3. The zero-order valence-electron chi connectivity index (χ0n) is 15.7. The van der Waals surface area contributed by atoms with Gasteiger partial charge in [-0.3, -0.25) is 0 Å². The van der Waals surface area contributed by atoms with Gasteiger partial charge in [-0.2, -0.15) is 22.0 Å². The summed E-state index contributed by atoms with van der Waals surface area (Å²) in [4.78, 5) is 10.5. The molecular formula is C21H19F5O4. The molecule has 9 heteroatoms. The lowest BCUT2D eigenvalue weighted by molar-refractivity contribution is -0.185. The van der Waals surface area contributed by atoms with Crippen molar-refractivity contribution in [2.24, 2.45) is 0 Å². The summed E-state index contributed by atoms with van der Waals surface area (Å²) < 4.78 is 74.8. The number of benzene rings is 2. The van der Waals surface area contributed by atoms with Crippen LogP contribution in [-0.2, 0) is 10.9 Å². The molecule has 2 aromatic carbocycles. The Hall–Kier alpha value is -3.10. The van der Waals surface area contributed by atoms with Crippen LogP contribution in [0.2, 0.25) is 0 Å². The number of hydrogen-bond acceptors (Lipinski definition) is 3. The molecule has 0 unspecified atom stereocenters. The minimum Gasteiger partial charge on any atom is -0.494 e. The molecule has 0 bridgehead atoms. The third-order valence-electron chi connectivity index (χ3n) is 3.86. The van der Waals surface area contributed by atoms with Crippen molar-refractivity contribution in [3.8, 4) is 11.5 Å². The van der Waals surface area contributed by atoms with Gasteiger partial charge >= 0.3 is 18.3 Å². The highest BCUT2D eigenvalue weighted by Gasteiger charge is 2.34. The predicted molar refractivity (Wildman–Crippen MR) is 99.5 cm³/mol. The summed E-state index contributed by atoms with van der Waals surface area (Å²) in [7, 11) is 0. The lowest BCUT2D eigenvalue weighted by atomic mass is 10.2. The number of alkyl halides is 5. The molecule has 0 amide bonds. The summed E-state index contributed by atoms with van der Waals surface area (Å²) in [6, 6.07) is 10.2. The van der Waals surface area contributed by atoms with Crippen LogP contribution in [0, 0.1) is 0 Å². The lowest BCUT2D eigenvalue weighted by Gasteiger charge is -2.18. The summed E-state index contributed by atoms with van der Waals surface area (Å²) in [6.07, 6.45) is -6.38. The molecule has 0 spiro atoms. The van der Waals surface area contributed by atoms with E-state index in [1.807, 2.05) is 0 Å². The van der Waals surface area contributed by atoms with Gasteiger partial charge in [0.15, 0.2) is 0 Å². The average molecular weight is 430 g/mol. The molecule has 4 nitrogen and oxygen atoms in total. The number of halogens is 5. The maximum atomic E-state index is 14.3. The van der Waals surface area contributed by atoms with Crippen LogP contribution in [0.3, 0.4) is 0 Å². The number of carboxylic acids is 1. The van der Waals surface area contributed by atoms with Crippen LogP contribution in [0.25, 0.3) is 6.08 Å². The van der Waals surface area contributed by atoms with Gasteiger partial charge < -0.3 is 14.6 Å². The van der Waals surface area contributed by atoms with Crippen molar-refractivity contribution < 1.29 is 41.3 Å². The van der Waals surface area contributed by atoms with E-state index in [1.54, 1.807) is 0 Å². The molecule has 162 valence electrons. The molecule has 0 saturated carbocycles. The minimum absolute atomic E-state index is 0.0466. The fourth-order valence-corrected chi connectivity index (χ4v) is 2.38. The van der Waals surface area contributed by atoms with Crippen LogP contribution in [0.4, 0.5) is 22.0 Å². The molecule has 30 heavy (non-hydrogen) atoms. The third kappa shape index (κ3) is 8.10. The molecule has 0 saturated heterocycles. The number of unbranched alkanes of at least 4 members (excludes halogenated alkanes) is 1. The topological polar surface area (TPSA) is 55.8 Å². The summed E-state index contributed by atoms with van der Waals surface area (Å²) in [6.45, 7) is 0.0466. The van der Waals surface area contributed by atoms with Crippen molar-refractivity contribution >= 4 is 12.0 Å². The van der Waals surface area contributed by atoms with Crippen molar-refractivity contribution in [3.63, 3.8) is 0 Å². The second kappa shape index (κ2) is 10.1. The van der Waals surface area contributed by atoms with E-state index in [0.717, 1.165) is 18.2 Å². The lowest BCUT2D eigenvalue weighted by Crippen LogP contribution is -2.21. The number of carbonyl (C=O) groups is 1. The standard InChI is InChI=1S/C21H19F5O4/c22-20(23,24)13-1-2-14-29-17-10-6-16(7-11-17)21(25,26)30-18-8-3-15(4-9-18)5-12-19(27)28/h3-12H,1-2,13-14H2,(H,27,28)/b12-5+. The second-order valence-electron chi connectivity index (χ2n) is 6.30. The molecule has 0 fully saturated rings. The van der Waals surface area contributed by atoms with Gasteiger partial charge in [0.05, 0.1) is 12.2 Å². The van der Waals surface area contributed by atoms with Crippen LogP contribution in [0.1, 0.15) is 30.4 Å². The van der Waals surface area contributed by atoms with Crippen molar-refractivity contribution in [2.45, 2.75) is 31.5 Å². The highest BCUT2D eigenvalue weighted by molar-refractivity contribution is 5.85. The van der Waals surface area contributed by atoms with E-state index in [1.165, 1.54) is 42.5 Å². The van der Waals surface area contributed by atoms with E-state index in [-0.39, 0.29) is 30.9 Å². The normalized spacial score (nSPS) is 12.2. The Kier molecular flexibility index (Phi) is 7.79. The highest BCUT2D eigenvalue weighted by Crippen LogP contribution is 2.32. The van der Waals surface area contributed by atoms with Gasteiger partial charge in [0, 0.05) is 12.5 Å². The maximum Gasteiger partial charge on any atom is 0.426 e. The second-order valence-corrected chi connectivity index (χ2v) is 6.30. The number of carboxylic acid groups (broad SMARTS) is 1. The van der Waals surface area contributed by atoms with Gasteiger partial charge in [-0.05, 0) is 60.9 Å². The Bertz CT molecular complexity index is 843. The highest BCUT2D eigenvalue weighted by atomic mass is 19.4. The zero-order chi connectivity index (χ0) is 22.2. The predicted octanol–water partition coefficient (Wildman–Crippen LogP) is 6.02. The molecule has 2 aromatic rings. The fraction of sp³-hybridized carbons (Fsp3) is 0.286. The summed E-state index contributed by atoms with van der Waals surface area (Å²) in [5.74, 6) is -0.982. The third-order valence-corrected chi connectivity index (χ3v) is 3.86. The fourth-order valence-electron chi connectivity index (χ4n) is 2.38. The molecule has 0 aliphatic rings. The van der Waals surface area contributed by atoms with Gasteiger partial charge in [0.2, 0.25) is 0 Å². The molecule has 0 aromatic heterocycles. The van der Waals surface area contributed by atoms with Gasteiger partial charge in [-0.1, -0.05) is 12.1 Å². The number of hydrogen-bond donors (Lipinski definition) is 1. The Morgan fingerprint density at radius 2 is 1.50 bits per heavy atom. The molecule has 0 aliphatic carbocycles. The first-order valence-electron chi connectivity index (χ1n) is 8.93. The molecule has 0 atom stereocenters. The number of ether oxygens (including phenoxy) is 2. The van der Waals surface area contributed by atoms with Crippen molar-refractivity contribution in [2.75, 3.05) is 6.61 Å². The van der Waals surface area contributed by atoms with Crippen LogP contribution in [-0.4, -0.2) is 23.9 Å². The van der Waals surface area contributed by atoms with Gasteiger partial charge in [-0.15, -0.1) is 0 Å². The van der Waals surface area contributed by atoms with E-state index in [2.05, 4.69) is 0 Å². The molecular weight excluding hydrogens is 411 g/mol. The monoisotopic (exact) mass is 430 g/mol. The summed E-state index contributed by atoms with van der Waals surface area (Å²) >= 11 is 0. The van der Waals surface area contributed by atoms with Gasteiger partial charge in [-0.25, -0.2) is 4.79 Å². The average Bonchev–Trinajstić information content (AvgIpc) is 2.66. The minimum atomic E-state index is -4.21. The van der Waals surface area contributed by atoms with Crippen molar-refractivity contribution in [1.82, 2.24) is 0 Å². The SMILES string of the molecule is O=C(O)/C=C/c1ccc(OC(F)(F)c2ccc(OCCCCC(F)(F)F)cc2)cc1. The first kappa shape index (κ1) is 23.2. The number of aliphatic carboxylic acids is 1. The van der Waals surface area contributed by atoms with Crippen molar-refractivity contribution in [1.29, 1.82) is 0 Å². The molecule has 0 aliphatic heterocycles. The summed E-state index contributed by atoms with van der Waals surface area (Å²) in [5.41, 5.74) is 0.0755. The van der Waals surface area contributed by atoms with E-state index in [4.69, 9.17) is 14.6 Å². The molecule has 1 N–H and O–H groups in total. The van der Waals surface area contributed by atoms with E-state index >= 15 is 0 Å².